The van der Waals surface area contributed by atoms with Gasteiger partial charge in [0, 0.05) is 24.7 Å². The normalized spacial score (nSPS) is 11.7. The average Bonchev–Trinajstić information content (AvgIpc) is 2.76. The first-order chi connectivity index (χ1) is 14.5. The number of carbonyl (C=O) groups is 1. The molecule has 30 heavy (non-hydrogen) atoms. The van der Waals surface area contributed by atoms with Crippen LogP contribution in [0.3, 0.4) is 0 Å². The Bertz CT molecular complexity index is 1020. The van der Waals surface area contributed by atoms with Crippen LogP contribution in [0.25, 0.3) is 11.3 Å². The summed E-state index contributed by atoms with van der Waals surface area (Å²) in [5.74, 6) is -1.30. The van der Waals surface area contributed by atoms with Crippen LogP contribution in [0.2, 0.25) is 0 Å². The number of carbonyl (C=O) groups excluding carboxylic acids is 1. The number of methoxy groups -OCH3 is 1. The zero-order chi connectivity index (χ0) is 21.5. The van der Waals surface area contributed by atoms with Crippen LogP contribution >= 0.6 is 0 Å². The number of pyridine rings is 1. The SMILES string of the molecule is COC(=O)c1ccc(F)c(-c2ccc(NCC[C@H](F)Cc3ncccc3F)nn2)c1. The number of hydrogen-bond donors (Lipinski definition) is 1. The van der Waals surface area contributed by atoms with Crippen molar-refractivity contribution in [1.82, 2.24) is 15.2 Å². The zero-order valence-electron chi connectivity index (χ0n) is 16.1. The number of aromatic nitrogens is 3. The molecule has 156 valence electrons. The Labute approximate surface area is 171 Å². The highest BCUT2D eigenvalue weighted by atomic mass is 19.1. The van der Waals surface area contributed by atoms with E-state index in [9.17, 15) is 18.0 Å². The molecule has 3 aromatic rings. The van der Waals surface area contributed by atoms with E-state index >= 15 is 0 Å². The molecule has 6 nitrogen and oxygen atoms in total. The fourth-order valence-corrected chi connectivity index (χ4v) is 2.77. The maximum atomic E-state index is 14.1. The third-order valence-electron chi connectivity index (χ3n) is 4.34. The average molecular weight is 416 g/mol. The second-order valence-electron chi connectivity index (χ2n) is 6.44. The van der Waals surface area contributed by atoms with Crippen molar-refractivity contribution in [2.45, 2.75) is 19.0 Å². The van der Waals surface area contributed by atoms with Crippen LogP contribution in [0.1, 0.15) is 22.5 Å². The van der Waals surface area contributed by atoms with Gasteiger partial charge in [0.2, 0.25) is 0 Å². The first kappa shape index (κ1) is 21.2. The van der Waals surface area contributed by atoms with Gasteiger partial charge in [-0.2, -0.15) is 0 Å². The van der Waals surface area contributed by atoms with Gasteiger partial charge in [0.25, 0.3) is 0 Å². The topological polar surface area (TPSA) is 77.0 Å². The van der Waals surface area contributed by atoms with Gasteiger partial charge in [0.05, 0.1) is 24.1 Å². The van der Waals surface area contributed by atoms with E-state index in [1.165, 1.54) is 43.6 Å². The van der Waals surface area contributed by atoms with Crippen LogP contribution in [0.15, 0.2) is 48.7 Å². The molecule has 1 atom stereocenters. The third-order valence-corrected chi connectivity index (χ3v) is 4.34. The molecule has 9 heteroatoms. The molecule has 0 bridgehead atoms. The molecule has 1 aromatic carbocycles. The second kappa shape index (κ2) is 9.82. The largest absolute Gasteiger partial charge is 0.465 e. The quantitative estimate of drug-likeness (QED) is 0.560. The van der Waals surface area contributed by atoms with Crippen LogP contribution in [0.5, 0.6) is 0 Å². The lowest BCUT2D eigenvalue weighted by atomic mass is 10.1. The molecule has 0 aliphatic rings. The van der Waals surface area contributed by atoms with Crippen molar-refractivity contribution >= 4 is 11.8 Å². The maximum absolute atomic E-state index is 14.1. The van der Waals surface area contributed by atoms with Gasteiger partial charge in [-0.1, -0.05) is 0 Å². The highest BCUT2D eigenvalue weighted by Crippen LogP contribution is 2.23. The molecule has 0 saturated carbocycles. The van der Waals surface area contributed by atoms with Gasteiger partial charge < -0.3 is 10.1 Å². The first-order valence-corrected chi connectivity index (χ1v) is 9.17. The summed E-state index contributed by atoms with van der Waals surface area (Å²) in [4.78, 5) is 15.5. The molecule has 0 saturated heterocycles. The van der Waals surface area contributed by atoms with Crippen molar-refractivity contribution in [3.05, 3.63) is 71.6 Å². The maximum Gasteiger partial charge on any atom is 0.337 e. The van der Waals surface area contributed by atoms with Crippen molar-refractivity contribution in [2.24, 2.45) is 0 Å². The monoisotopic (exact) mass is 416 g/mol. The number of nitrogens with one attached hydrogen (secondary N) is 1. The lowest BCUT2D eigenvalue weighted by molar-refractivity contribution is 0.0600. The summed E-state index contributed by atoms with van der Waals surface area (Å²) >= 11 is 0. The minimum absolute atomic E-state index is 0.0883. The third kappa shape index (κ3) is 5.31. The molecular weight excluding hydrogens is 397 g/mol. The number of benzene rings is 1. The molecule has 0 aliphatic carbocycles. The summed E-state index contributed by atoms with van der Waals surface area (Å²) < 4.78 is 46.3. The molecule has 2 heterocycles. The summed E-state index contributed by atoms with van der Waals surface area (Å²) in [7, 11) is 1.24. The van der Waals surface area contributed by atoms with Crippen LogP contribution < -0.4 is 5.32 Å². The van der Waals surface area contributed by atoms with Gasteiger partial charge in [0.15, 0.2) is 0 Å². The Balaban J connectivity index is 1.57. The summed E-state index contributed by atoms with van der Waals surface area (Å²) in [6, 6.07) is 9.60. The standard InChI is InChI=1S/C21H19F3N4O2/c1-30-21(29)13-4-5-16(23)15(11-13)18-6-7-20(28-27-18)26-10-8-14(22)12-19-17(24)3-2-9-25-19/h2-7,9,11,14H,8,10,12H2,1H3,(H,26,28)/t14-/m0/s1. The van der Waals surface area contributed by atoms with Gasteiger partial charge in [0.1, 0.15) is 23.6 Å². The van der Waals surface area contributed by atoms with E-state index in [1.54, 1.807) is 6.07 Å². The number of halogens is 3. The molecule has 1 N–H and O–H groups in total. The number of rotatable bonds is 8. The number of nitrogens with zero attached hydrogens (tertiary/aromatic N) is 3. The fraction of sp³-hybridized carbons (Fsp3) is 0.238. The summed E-state index contributed by atoms with van der Waals surface area (Å²) in [5, 5.41) is 10.8. The number of alkyl halides is 1. The first-order valence-electron chi connectivity index (χ1n) is 9.17. The van der Waals surface area contributed by atoms with E-state index < -0.39 is 23.8 Å². The number of esters is 1. The van der Waals surface area contributed by atoms with E-state index in [0.717, 1.165) is 6.07 Å². The minimum atomic E-state index is -1.27. The number of ether oxygens (including phenoxy) is 1. The van der Waals surface area contributed by atoms with E-state index in [2.05, 4.69) is 25.2 Å². The van der Waals surface area contributed by atoms with Crippen molar-refractivity contribution in [1.29, 1.82) is 0 Å². The lowest BCUT2D eigenvalue weighted by Gasteiger charge is -2.10. The molecule has 2 aromatic heterocycles. The van der Waals surface area contributed by atoms with Crippen LogP contribution in [-0.4, -0.2) is 41.0 Å². The molecule has 0 aliphatic heterocycles. The number of anilines is 1. The molecule has 0 radical (unpaired) electrons. The van der Waals surface area contributed by atoms with E-state index in [-0.39, 0.29) is 41.9 Å². The Kier molecular flexibility index (Phi) is 6.95. The Morgan fingerprint density at radius 1 is 1.13 bits per heavy atom. The van der Waals surface area contributed by atoms with Crippen molar-refractivity contribution in [2.75, 3.05) is 19.0 Å². The predicted molar refractivity (Wildman–Crippen MR) is 105 cm³/mol. The summed E-state index contributed by atoms with van der Waals surface area (Å²) in [6.07, 6.45) is 0.151. The van der Waals surface area contributed by atoms with Crippen LogP contribution in [-0.2, 0) is 11.2 Å². The zero-order valence-corrected chi connectivity index (χ0v) is 16.1. The van der Waals surface area contributed by atoms with Gasteiger partial charge in [-0.25, -0.2) is 18.0 Å². The molecule has 0 unspecified atom stereocenters. The lowest BCUT2D eigenvalue weighted by Crippen LogP contribution is -2.14. The van der Waals surface area contributed by atoms with E-state index in [1.807, 2.05) is 0 Å². The molecule has 0 fully saturated rings. The van der Waals surface area contributed by atoms with Crippen LogP contribution in [0.4, 0.5) is 19.0 Å². The van der Waals surface area contributed by atoms with Gasteiger partial charge in [-0.05, 0) is 48.9 Å². The van der Waals surface area contributed by atoms with Gasteiger partial charge in [-0.15, -0.1) is 10.2 Å². The highest BCUT2D eigenvalue weighted by molar-refractivity contribution is 5.90. The van der Waals surface area contributed by atoms with Crippen molar-refractivity contribution < 1.29 is 22.7 Å². The molecular formula is C21H19F3N4O2. The summed E-state index contributed by atoms with van der Waals surface area (Å²) in [6.45, 7) is 0.246. The van der Waals surface area contributed by atoms with Crippen molar-refractivity contribution in [3.63, 3.8) is 0 Å². The Morgan fingerprint density at radius 3 is 2.67 bits per heavy atom. The summed E-state index contributed by atoms with van der Waals surface area (Å²) in [5.41, 5.74) is 0.623. The fourth-order valence-electron chi connectivity index (χ4n) is 2.77. The van der Waals surface area contributed by atoms with Crippen LogP contribution in [0, 0.1) is 11.6 Å². The second-order valence-corrected chi connectivity index (χ2v) is 6.44. The molecule has 0 spiro atoms. The van der Waals surface area contributed by atoms with E-state index in [4.69, 9.17) is 0 Å². The van der Waals surface area contributed by atoms with Crippen molar-refractivity contribution in [3.8, 4) is 11.3 Å². The van der Waals surface area contributed by atoms with Gasteiger partial charge >= 0.3 is 5.97 Å². The van der Waals surface area contributed by atoms with Gasteiger partial charge in [-0.3, -0.25) is 4.98 Å². The Hall–Kier alpha value is -3.49. The highest BCUT2D eigenvalue weighted by Gasteiger charge is 2.14. The molecule has 0 amide bonds. The Morgan fingerprint density at radius 2 is 1.97 bits per heavy atom. The molecule has 3 rings (SSSR count). The number of hydrogen-bond acceptors (Lipinski definition) is 6. The predicted octanol–water partition coefficient (Wildman–Crippen LogP) is 3.99. The van der Waals surface area contributed by atoms with E-state index in [0.29, 0.717) is 5.82 Å². The minimum Gasteiger partial charge on any atom is -0.465 e. The smallest absolute Gasteiger partial charge is 0.337 e.